The lowest BCUT2D eigenvalue weighted by molar-refractivity contribution is -0.148. The molecule has 2 rings (SSSR count). The van der Waals surface area contributed by atoms with E-state index in [0.717, 1.165) is 16.8 Å². The molecule has 1 aromatic rings. The third-order valence-electron chi connectivity index (χ3n) is 3.43. The number of cyclic esters (lactones) is 1. The molecule has 4 nitrogen and oxygen atoms in total. The van der Waals surface area contributed by atoms with E-state index in [-0.39, 0.29) is 24.1 Å². The van der Waals surface area contributed by atoms with Crippen LogP contribution in [0.15, 0.2) is 17.4 Å². The van der Waals surface area contributed by atoms with E-state index in [1.165, 1.54) is 0 Å². The standard InChI is InChI=1S/C14H17NO3/c1-5-9-10-6-12(8(2)3)15(4)13(16)11(10)7-18-14(9)17/h6,9H,2,5,7H2,1,3-4H3. The van der Waals surface area contributed by atoms with E-state index in [4.69, 9.17) is 4.74 Å². The number of carbonyl (C=O) groups is 1. The molecule has 0 fully saturated rings. The largest absolute Gasteiger partial charge is 0.460 e. The topological polar surface area (TPSA) is 48.3 Å². The summed E-state index contributed by atoms with van der Waals surface area (Å²) in [4.78, 5) is 23.9. The number of hydrogen-bond donors (Lipinski definition) is 0. The number of fused-ring (bicyclic) bond motifs is 1. The molecule has 0 N–H and O–H groups in total. The summed E-state index contributed by atoms with van der Waals surface area (Å²) < 4.78 is 6.63. The summed E-state index contributed by atoms with van der Waals surface area (Å²) >= 11 is 0. The fraction of sp³-hybridized carbons (Fsp3) is 0.429. The summed E-state index contributed by atoms with van der Waals surface area (Å²) in [6, 6.07) is 1.90. The lowest BCUT2D eigenvalue weighted by Gasteiger charge is -2.25. The zero-order chi connectivity index (χ0) is 13.4. The van der Waals surface area contributed by atoms with Crippen LogP contribution in [0, 0.1) is 0 Å². The second-order valence-electron chi connectivity index (χ2n) is 4.68. The van der Waals surface area contributed by atoms with Crippen LogP contribution in [0.3, 0.4) is 0 Å². The summed E-state index contributed by atoms with van der Waals surface area (Å²) in [6.45, 7) is 7.71. The van der Waals surface area contributed by atoms with Gasteiger partial charge in [0.05, 0.1) is 11.5 Å². The van der Waals surface area contributed by atoms with E-state index < -0.39 is 0 Å². The smallest absolute Gasteiger partial charge is 0.313 e. The van der Waals surface area contributed by atoms with Gasteiger partial charge in [-0.1, -0.05) is 13.5 Å². The van der Waals surface area contributed by atoms with Gasteiger partial charge in [-0.25, -0.2) is 0 Å². The Hall–Kier alpha value is -1.84. The third kappa shape index (κ3) is 1.78. The lowest BCUT2D eigenvalue weighted by Crippen LogP contribution is -2.32. The highest BCUT2D eigenvalue weighted by atomic mass is 16.5. The molecule has 1 aromatic heterocycles. The van der Waals surface area contributed by atoms with Crippen molar-refractivity contribution in [1.82, 2.24) is 4.57 Å². The van der Waals surface area contributed by atoms with Gasteiger partial charge in [0.25, 0.3) is 5.56 Å². The number of ether oxygens (including phenoxy) is 1. The van der Waals surface area contributed by atoms with Crippen molar-refractivity contribution in [2.75, 3.05) is 0 Å². The zero-order valence-electron chi connectivity index (χ0n) is 10.9. The van der Waals surface area contributed by atoms with Crippen molar-refractivity contribution in [3.63, 3.8) is 0 Å². The van der Waals surface area contributed by atoms with Gasteiger partial charge in [-0.2, -0.15) is 0 Å². The molecule has 2 heterocycles. The summed E-state index contributed by atoms with van der Waals surface area (Å²) in [5.74, 6) is -0.577. The van der Waals surface area contributed by atoms with E-state index in [2.05, 4.69) is 6.58 Å². The molecule has 0 saturated heterocycles. The predicted molar refractivity (Wildman–Crippen MR) is 69.2 cm³/mol. The van der Waals surface area contributed by atoms with Crippen LogP contribution in [0.4, 0.5) is 0 Å². The Balaban J connectivity index is 2.73. The SMILES string of the molecule is C=C(C)c1cc2c(c(=O)n1C)COC(=O)C2CC. The molecule has 1 aliphatic heterocycles. The first-order chi connectivity index (χ1) is 8.47. The van der Waals surface area contributed by atoms with E-state index in [1.807, 2.05) is 19.9 Å². The van der Waals surface area contributed by atoms with Crippen molar-refractivity contribution in [3.05, 3.63) is 39.8 Å². The highest BCUT2D eigenvalue weighted by Gasteiger charge is 2.30. The first-order valence-electron chi connectivity index (χ1n) is 6.02. The van der Waals surface area contributed by atoms with Crippen molar-refractivity contribution in [2.24, 2.45) is 7.05 Å². The fourth-order valence-corrected chi connectivity index (χ4v) is 2.39. The lowest BCUT2D eigenvalue weighted by atomic mass is 9.90. The van der Waals surface area contributed by atoms with Crippen molar-refractivity contribution < 1.29 is 9.53 Å². The summed E-state index contributed by atoms with van der Waals surface area (Å²) in [7, 11) is 1.71. The number of esters is 1. The van der Waals surface area contributed by atoms with Gasteiger partial charge in [0, 0.05) is 12.7 Å². The number of carbonyl (C=O) groups excluding carboxylic acids is 1. The van der Waals surface area contributed by atoms with E-state index in [1.54, 1.807) is 11.6 Å². The quantitative estimate of drug-likeness (QED) is 0.751. The maximum Gasteiger partial charge on any atom is 0.313 e. The molecule has 4 heteroatoms. The normalized spacial score (nSPS) is 18.2. The first-order valence-corrected chi connectivity index (χ1v) is 6.02. The first kappa shape index (κ1) is 12.6. The van der Waals surface area contributed by atoms with Gasteiger partial charge in [0.1, 0.15) is 6.61 Å². The van der Waals surface area contributed by atoms with Crippen molar-refractivity contribution in [3.8, 4) is 0 Å². The van der Waals surface area contributed by atoms with Gasteiger partial charge in [-0.05, 0) is 30.5 Å². The minimum atomic E-state index is -0.333. The van der Waals surface area contributed by atoms with Crippen LogP contribution >= 0.6 is 0 Å². The van der Waals surface area contributed by atoms with Gasteiger partial charge < -0.3 is 9.30 Å². The second kappa shape index (κ2) is 4.44. The Morgan fingerprint density at radius 3 is 2.78 bits per heavy atom. The monoisotopic (exact) mass is 247 g/mol. The van der Waals surface area contributed by atoms with Crippen LogP contribution < -0.4 is 5.56 Å². The Kier molecular flexibility index (Phi) is 3.11. The Bertz CT molecular complexity index is 583. The maximum atomic E-state index is 12.2. The molecular weight excluding hydrogens is 230 g/mol. The summed E-state index contributed by atoms with van der Waals surface area (Å²) in [5, 5.41) is 0. The molecule has 96 valence electrons. The number of rotatable bonds is 2. The molecule has 0 amide bonds. The van der Waals surface area contributed by atoms with Gasteiger partial charge in [-0.3, -0.25) is 9.59 Å². The van der Waals surface area contributed by atoms with Gasteiger partial charge in [0.2, 0.25) is 0 Å². The zero-order valence-corrected chi connectivity index (χ0v) is 10.9. The average molecular weight is 247 g/mol. The van der Waals surface area contributed by atoms with E-state index >= 15 is 0 Å². The fourth-order valence-electron chi connectivity index (χ4n) is 2.39. The van der Waals surface area contributed by atoms with Crippen LogP contribution in [0.1, 0.15) is 43.0 Å². The third-order valence-corrected chi connectivity index (χ3v) is 3.43. The summed E-state index contributed by atoms with van der Waals surface area (Å²) in [6.07, 6.45) is 0.634. The molecule has 1 unspecified atom stereocenters. The minimum Gasteiger partial charge on any atom is -0.460 e. The Labute approximate surface area is 106 Å². The van der Waals surface area contributed by atoms with Gasteiger partial charge in [-0.15, -0.1) is 0 Å². The molecule has 18 heavy (non-hydrogen) atoms. The molecule has 0 aromatic carbocycles. The van der Waals surface area contributed by atoms with Crippen LogP contribution in [0.25, 0.3) is 5.57 Å². The van der Waals surface area contributed by atoms with E-state index in [9.17, 15) is 9.59 Å². The minimum absolute atomic E-state index is 0.0772. The number of aromatic nitrogens is 1. The molecule has 1 atom stereocenters. The average Bonchev–Trinajstić information content (AvgIpc) is 2.33. The molecule has 1 aliphatic rings. The molecule has 0 radical (unpaired) electrons. The van der Waals surface area contributed by atoms with Crippen LogP contribution in [-0.4, -0.2) is 10.5 Å². The van der Waals surface area contributed by atoms with Crippen LogP contribution in [-0.2, 0) is 23.2 Å². The maximum absolute atomic E-state index is 12.2. The summed E-state index contributed by atoms with van der Waals surface area (Å²) in [5.41, 5.74) is 2.87. The van der Waals surface area contributed by atoms with Crippen LogP contribution in [0.5, 0.6) is 0 Å². The number of allylic oxidation sites excluding steroid dienone is 1. The Morgan fingerprint density at radius 1 is 1.56 bits per heavy atom. The second-order valence-corrected chi connectivity index (χ2v) is 4.68. The highest BCUT2D eigenvalue weighted by Crippen LogP contribution is 2.29. The number of nitrogens with zero attached hydrogens (tertiary/aromatic N) is 1. The molecule has 0 saturated carbocycles. The number of hydrogen-bond acceptors (Lipinski definition) is 3. The van der Waals surface area contributed by atoms with Crippen LogP contribution in [0.2, 0.25) is 0 Å². The van der Waals surface area contributed by atoms with Gasteiger partial charge in [0.15, 0.2) is 0 Å². The molecule has 0 bridgehead atoms. The van der Waals surface area contributed by atoms with Gasteiger partial charge >= 0.3 is 5.97 Å². The van der Waals surface area contributed by atoms with Crippen molar-refractivity contribution in [2.45, 2.75) is 32.8 Å². The number of pyridine rings is 1. The predicted octanol–water partition coefficient (Wildman–Crippen LogP) is 1.97. The van der Waals surface area contributed by atoms with Crippen molar-refractivity contribution >= 4 is 11.5 Å². The van der Waals surface area contributed by atoms with E-state index in [0.29, 0.717) is 12.0 Å². The Morgan fingerprint density at radius 2 is 2.22 bits per heavy atom. The van der Waals surface area contributed by atoms with Crippen molar-refractivity contribution in [1.29, 1.82) is 0 Å². The highest BCUT2D eigenvalue weighted by molar-refractivity contribution is 5.80. The molecular formula is C14H17NO3. The molecule has 0 spiro atoms. The molecule has 0 aliphatic carbocycles.